The van der Waals surface area contributed by atoms with Crippen LogP contribution >= 0.6 is 0 Å². The first-order valence-corrected chi connectivity index (χ1v) is 7.39. The fraction of sp³-hybridized carbons (Fsp3) is 0.308. The van der Waals surface area contributed by atoms with Gasteiger partial charge in [-0.15, -0.1) is 4.40 Å². The van der Waals surface area contributed by atoms with Gasteiger partial charge < -0.3 is 17.1 Å². The van der Waals surface area contributed by atoms with Crippen molar-refractivity contribution in [2.45, 2.75) is 25.2 Å². The zero-order chi connectivity index (χ0) is 14.2. The average molecular weight is 368 g/mol. The van der Waals surface area contributed by atoms with Crippen LogP contribution in [0, 0.1) is 27.8 Å². The maximum atomic E-state index is 12.2. The van der Waals surface area contributed by atoms with E-state index in [1.165, 1.54) is 4.90 Å². The van der Waals surface area contributed by atoms with Crippen LogP contribution in [0.1, 0.15) is 17.5 Å². The van der Waals surface area contributed by atoms with Gasteiger partial charge in [-0.25, -0.2) is 0 Å². The van der Waals surface area contributed by atoms with Crippen molar-refractivity contribution in [2.24, 2.45) is 4.40 Å². The van der Waals surface area contributed by atoms with Crippen LogP contribution < -0.4 is 5.32 Å². The summed E-state index contributed by atoms with van der Waals surface area (Å²) in [6.45, 7) is 8.06. The zero-order valence-corrected chi connectivity index (χ0v) is 15.3. The molecule has 0 bridgehead atoms. The topological polar surface area (TPSA) is 61.8 Å². The van der Waals surface area contributed by atoms with Crippen molar-refractivity contribution < 1.29 is 41.1 Å². The van der Waals surface area contributed by atoms with E-state index in [2.05, 4.69) is 23.7 Å². The molecule has 7 heteroatoms. The summed E-state index contributed by atoms with van der Waals surface area (Å²) in [5.41, 5.74) is 2.49. The molecular weight excluding hydrogens is 351 g/mol. The van der Waals surface area contributed by atoms with Gasteiger partial charge in [0.05, 0.1) is 5.69 Å². The molecule has 1 aliphatic rings. The van der Waals surface area contributed by atoms with Crippen molar-refractivity contribution >= 4 is 21.7 Å². The molecule has 0 atom stereocenters. The van der Waals surface area contributed by atoms with Gasteiger partial charge >= 0.3 is 0 Å². The second-order valence-corrected chi connectivity index (χ2v) is 6.14. The smallest absolute Gasteiger partial charge is 0.287 e. The van der Waals surface area contributed by atoms with Gasteiger partial charge in [-0.1, -0.05) is 0 Å². The Balaban J connectivity index is 0.00000200. The molecule has 1 heterocycles. The molecule has 2 rings (SSSR count). The third-order valence-electron chi connectivity index (χ3n) is 3.05. The maximum Gasteiger partial charge on any atom is 0.287 e. The van der Waals surface area contributed by atoms with E-state index >= 15 is 0 Å². The molecule has 0 spiro atoms. The van der Waals surface area contributed by atoms with E-state index in [4.69, 9.17) is 0 Å². The Kier molecular flexibility index (Phi) is 5.75. The van der Waals surface area contributed by atoms with E-state index in [1.54, 1.807) is 6.07 Å². The summed E-state index contributed by atoms with van der Waals surface area (Å²) in [7, 11) is 0.0951. The second-order valence-electron chi connectivity index (χ2n) is 4.56. The number of nitrogens with one attached hydrogen (secondary N) is 1. The molecule has 0 saturated carbocycles. The van der Waals surface area contributed by atoms with Gasteiger partial charge in [0.15, 0.2) is 5.96 Å². The molecule has 107 valence electrons. The normalized spacial score (nSPS) is 15.5. The molecule has 1 aromatic carbocycles. The molecule has 0 unspecified atom stereocenters. The number of rotatable bonds is 2. The van der Waals surface area contributed by atoms with Gasteiger partial charge in [-0.3, -0.25) is 7.05 Å². The number of hydrogen-bond donors (Lipinski definition) is 1. The van der Waals surface area contributed by atoms with Crippen molar-refractivity contribution in [1.29, 1.82) is 0 Å². The number of aryl methyl sites for hydroxylation is 2. The summed E-state index contributed by atoms with van der Waals surface area (Å²) in [5.74, 6) is 0.236. The Labute approximate surface area is 145 Å². The molecule has 0 amide bonds. The largest absolute Gasteiger partial charge is 0.497 e. The first-order valence-electron chi connectivity index (χ1n) is 5.95. The predicted octanol–water partition coefficient (Wildman–Crippen LogP) is 2.09. The number of fused-ring (bicyclic) bond motifs is 1. The molecule has 1 N–H and O–H groups in total. The minimum Gasteiger partial charge on any atom is -0.497 e. The zero-order valence-electron chi connectivity index (χ0n) is 11.7. The Morgan fingerprint density at radius 2 is 1.90 bits per heavy atom. The van der Waals surface area contributed by atoms with Gasteiger partial charge in [-0.2, -0.15) is 14.8 Å². The van der Waals surface area contributed by atoms with E-state index in [0.717, 1.165) is 11.1 Å². The molecule has 0 aromatic heterocycles. The van der Waals surface area contributed by atoms with Crippen molar-refractivity contribution in [3.8, 4) is 0 Å². The Morgan fingerprint density at radius 3 is 2.50 bits per heavy atom. The molecule has 1 radical (unpaired) electrons. The molecule has 20 heavy (non-hydrogen) atoms. The first kappa shape index (κ1) is 17.6. The van der Waals surface area contributed by atoms with Crippen LogP contribution in [0.2, 0.25) is 0 Å². The minimum atomic E-state index is -3.67. The Bertz CT molecular complexity index is 641. The summed E-state index contributed by atoms with van der Waals surface area (Å²) in [5, 5.41) is 3.01. The molecule has 1 aromatic rings. The van der Waals surface area contributed by atoms with Crippen LogP contribution in [0.15, 0.2) is 21.4 Å². The molecule has 0 saturated heterocycles. The number of anilines is 1. The average Bonchev–Trinajstić information content (AvgIpc) is 2.31. The molecule has 0 aliphatic carbocycles. The van der Waals surface area contributed by atoms with Crippen LogP contribution in [-0.2, 0) is 42.7 Å². The van der Waals surface area contributed by atoms with Crippen molar-refractivity contribution in [1.82, 2.24) is 4.90 Å². The van der Waals surface area contributed by atoms with Crippen LogP contribution in [0.4, 0.5) is 5.69 Å². The fourth-order valence-corrected chi connectivity index (χ4v) is 3.04. The summed E-state index contributed by atoms with van der Waals surface area (Å²) in [6.07, 6.45) is 0.615. The van der Waals surface area contributed by atoms with E-state index < -0.39 is 10.0 Å². The van der Waals surface area contributed by atoms with Crippen molar-refractivity contribution in [2.75, 3.05) is 11.9 Å². The maximum absolute atomic E-state index is 12.2. The summed E-state index contributed by atoms with van der Waals surface area (Å²) in [4.78, 5) is 1.71. The third kappa shape index (κ3) is 3.41. The number of hydrogen-bond acceptors (Lipinski definition) is 4. The number of guanidine groups is 1. The van der Waals surface area contributed by atoms with Crippen molar-refractivity contribution in [3.05, 3.63) is 37.2 Å². The minimum absolute atomic E-state index is 0. The predicted molar refractivity (Wildman–Crippen MR) is 76.2 cm³/mol. The number of benzene rings is 1. The van der Waals surface area contributed by atoms with E-state index in [0.29, 0.717) is 18.7 Å². The van der Waals surface area contributed by atoms with Crippen LogP contribution in [0.3, 0.4) is 0 Å². The Morgan fingerprint density at radius 1 is 1.30 bits per heavy atom. The first-order chi connectivity index (χ1) is 8.85. The summed E-state index contributed by atoms with van der Waals surface area (Å²) < 4.78 is 28.1. The quantitative estimate of drug-likeness (QED) is 0.813. The van der Waals surface area contributed by atoms with Gasteiger partial charge in [-0.05, 0) is 43.7 Å². The van der Waals surface area contributed by atoms with E-state index in [-0.39, 0.29) is 43.6 Å². The molecule has 5 nitrogen and oxygen atoms in total. The monoisotopic (exact) mass is 368 g/mol. The summed E-state index contributed by atoms with van der Waals surface area (Å²) in [6, 6.07) is 3.46. The number of sulfonamides is 1. The van der Waals surface area contributed by atoms with E-state index in [1.807, 2.05) is 19.9 Å². The van der Waals surface area contributed by atoms with Gasteiger partial charge in [0, 0.05) is 32.7 Å². The van der Waals surface area contributed by atoms with Gasteiger partial charge in [0.1, 0.15) is 4.90 Å². The molecular formula is C13H17N3O2SY-2. The van der Waals surface area contributed by atoms with Crippen LogP contribution in [0.5, 0.6) is 0 Å². The van der Waals surface area contributed by atoms with Crippen LogP contribution in [-0.4, -0.2) is 25.8 Å². The fourth-order valence-electron chi connectivity index (χ4n) is 1.84. The second kappa shape index (κ2) is 6.54. The molecule has 0 fully saturated rings. The number of nitrogens with zero attached hydrogens (tertiary/aromatic N) is 2. The molecule has 1 aliphatic heterocycles. The van der Waals surface area contributed by atoms with E-state index in [9.17, 15) is 8.42 Å². The SMILES string of the molecule is [CH2-]CCN([CH2-])C1=NS(=O)(=O)c2cc(C)c(C)cc2N1.[Y]. The Hall–Kier alpha value is -0.456. The summed E-state index contributed by atoms with van der Waals surface area (Å²) >= 11 is 0. The van der Waals surface area contributed by atoms with Gasteiger partial charge in [0.2, 0.25) is 0 Å². The standard InChI is InChI=1S/C13H17N3O2S.Y/c1-5-6-16(4)13-14-11-7-9(2)10(3)8-12(11)19(17,18)15-13;/h7-8H,1,4-6H2,2-3H3,(H,14,15);/q-2;. The van der Waals surface area contributed by atoms with Crippen LogP contribution in [0.25, 0.3) is 0 Å². The van der Waals surface area contributed by atoms with Crippen molar-refractivity contribution in [3.63, 3.8) is 0 Å². The third-order valence-corrected chi connectivity index (χ3v) is 4.36. The van der Waals surface area contributed by atoms with Gasteiger partial charge in [0.25, 0.3) is 10.0 Å².